The number of carbonyl (C=O) groups is 3. The summed E-state index contributed by atoms with van der Waals surface area (Å²) >= 11 is 0. The minimum Gasteiger partial charge on any atom is -0.475 e. The summed E-state index contributed by atoms with van der Waals surface area (Å²) in [6.45, 7) is 2.43. The lowest BCUT2D eigenvalue weighted by Crippen LogP contribution is -2.40. The van der Waals surface area contributed by atoms with E-state index in [4.69, 9.17) is 24.5 Å². The molecule has 38 heavy (non-hydrogen) atoms. The van der Waals surface area contributed by atoms with Crippen LogP contribution in [0.4, 0.5) is 37.8 Å². The molecular formula is C21H19F6N5O6. The molecule has 1 aromatic carbocycles. The SMILES string of the molecule is O=C(O)C(F)(F)F.O=C(O)C(F)(F)F.O=C(c1ccnc(Nc2ccc3[nH]ncc3c2)c1)N1CCOCC1. The lowest BCUT2D eigenvalue weighted by Gasteiger charge is -2.26. The minimum atomic E-state index is -5.08. The molecule has 17 heteroatoms. The second-order valence-electron chi connectivity index (χ2n) is 7.24. The van der Waals surface area contributed by atoms with Gasteiger partial charge in [-0.15, -0.1) is 0 Å². The number of halogens is 6. The topological polar surface area (TPSA) is 158 Å². The van der Waals surface area contributed by atoms with Crippen LogP contribution in [0.2, 0.25) is 0 Å². The molecule has 2 aromatic heterocycles. The summed E-state index contributed by atoms with van der Waals surface area (Å²) in [6.07, 6.45) is -6.75. The largest absolute Gasteiger partial charge is 0.490 e. The molecule has 1 aliphatic heterocycles. The Morgan fingerprint density at radius 3 is 2.08 bits per heavy atom. The van der Waals surface area contributed by atoms with E-state index in [1.54, 1.807) is 29.4 Å². The average molecular weight is 551 g/mol. The minimum absolute atomic E-state index is 0.00837. The molecule has 0 aliphatic carbocycles. The summed E-state index contributed by atoms with van der Waals surface area (Å²) in [7, 11) is 0. The number of H-pyrrole nitrogens is 1. The van der Waals surface area contributed by atoms with Crippen LogP contribution in [0.1, 0.15) is 10.4 Å². The number of hydrogen-bond acceptors (Lipinski definition) is 7. The van der Waals surface area contributed by atoms with Crippen LogP contribution in [-0.2, 0) is 14.3 Å². The maximum atomic E-state index is 12.5. The highest BCUT2D eigenvalue weighted by Crippen LogP contribution is 2.21. The molecule has 0 bridgehead atoms. The van der Waals surface area contributed by atoms with Gasteiger partial charge < -0.3 is 25.2 Å². The predicted octanol–water partition coefficient (Wildman–Crippen LogP) is 3.44. The number of rotatable bonds is 3. The molecule has 1 saturated heterocycles. The Labute approximate surface area is 209 Å². The molecule has 0 spiro atoms. The van der Waals surface area contributed by atoms with Crippen LogP contribution in [-0.4, -0.2) is 86.8 Å². The lowest BCUT2D eigenvalue weighted by atomic mass is 10.2. The standard InChI is InChI=1S/C17H17N5O2.2C2HF3O2/c23-17(22-5-7-24-8-6-22)12-3-4-18-16(10-12)20-14-1-2-15-13(9-14)11-19-21-15;2*3-2(4,5)1(6)7/h1-4,9-11H,5-8H2,(H,18,20)(H,19,21);2*(H,6,7). The van der Waals surface area contributed by atoms with E-state index in [0.717, 1.165) is 16.6 Å². The van der Waals surface area contributed by atoms with E-state index in [-0.39, 0.29) is 5.91 Å². The van der Waals surface area contributed by atoms with Gasteiger partial charge in [-0.3, -0.25) is 9.89 Å². The molecule has 1 aliphatic rings. The van der Waals surface area contributed by atoms with Crippen molar-refractivity contribution in [3.8, 4) is 0 Å². The summed E-state index contributed by atoms with van der Waals surface area (Å²) < 4.78 is 68.8. The molecule has 1 fully saturated rings. The number of morpholine rings is 1. The van der Waals surface area contributed by atoms with E-state index in [2.05, 4.69) is 20.5 Å². The quantitative estimate of drug-likeness (QED) is 0.358. The molecule has 3 heterocycles. The van der Waals surface area contributed by atoms with Crippen LogP contribution in [0.25, 0.3) is 10.9 Å². The number of anilines is 2. The number of carboxylic acids is 2. The van der Waals surface area contributed by atoms with E-state index in [9.17, 15) is 31.1 Å². The number of nitrogens with zero attached hydrogens (tertiary/aromatic N) is 3. The van der Waals surface area contributed by atoms with Gasteiger partial charge in [0, 0.05) is 35.9 Å². The highest BCUT2D eigenvalue weighted by molar-refractivity contribution is 5.95. The number of ether oxygens (including phenoxy) is 1. The Hall–Kier alpha value is -4.41. The van der Waals surface area contributed by atoms with E-state index >= 15 is 0 Å². The monoisotopic (exact) mass is 551 g/mol. The Bertz CT molecular complexity index is 1230. The number of aromatic nitrogens is 3. The van der Waals surface area contributed by atoms with Gasteiger partial charge in [-0.2, -0.15) is 31.4 Å². The molecule has 0 saturated carbocycles. The van der Waals surface area contributed by atoms with Crippen molar-refractivity contribution in [1.82, 2.24) is 20.1 Å². The predicted molar refractivity (Wildman–Crippen MR) is 118 cm³/mol. The van der Waals surface area contributed by atoms with Gasteiger partial charge >= 0.3 is 24.3 Å². The first-order valence-corrected chi connectivity index (χ1v) is 10.3. The van der Waals surface area contributed by atoms with Crippen LogP contribution in [0.3, 0.4) is 0 Å². The second-order valence-corrected chi connectivity index (χ2v) is 7.24. The fraction of sp³-hybridized carbons (Fsp3) is 0.286. The number of hydrogen-bond donors (Lipinski definition) is 4. The maximum absolute atomic E-state index is 12.5. The number of pyridine rings is 1. The van der Waals surface area contributed by atoms with Crippen molar-refractivity contribution in [3.05, 3.63) is 48.3 Å². The number of nitrogens with one attached hydrogen (secondary N) is 2. The summed E-state index contributed by atoms with van der Waals surface area (Å²) in [5, 5.41) is 25.4. The molecule has 4 N–H and O–H groups in total. The highest BCUT2D eigenvalue weighted by Gasteiger charge is 2.38. The lowest BCUT2D eigenvalue weighted by molar-refractivity contribution is -0.193. The maximum Gasteiger partial charge on any atom is 0.490 e. The number of amides is 1. The van der Waals surface area contributed by atoms with Gasteiger partial charge in [-0.1, -0.05) is 0 Å². The zero-order chi connectivity index (χ0) is 28.5. The molecule has 0 unspecified atom stereocenters. The van der Waals surface area contributed by atoms with Crippen molar-refractivity contribution < 1.29 is 55.7 Å². The smallest absolute Gasteiger partial charge is 0.475 e. The van der Waals surface area contributed by atoms with Gasteiger partial charge in [-0.05, 0) is 30.3 Å². The molecule has 11 nitrogen and oxygen atoms in total. The normalized spacial score (nSPS) is 13.5. The number of alkyl halides is 6. The molecule has 206 valence electrons. The van der Waals surface area contributed by atoms with E-state index in [1.807, 2.05) is 18.2 Å². The van der Waals surface area contributed by atoms with Gasteiger partial charge in [0.05, 0.1) is 24.9 Å². The number of carbonyl (C=O) groups excluding carboxylic acids is 1. The Morgan fingerprint density at radius 2 is 1.53 bits per heavy atom. The van der Waals surface area contributed by atoms with Crippen LogP contribution in [0, 0.1) is 0 Å². The first-order valence-electron chi connectivity index (χ1n) is 10.3. The van der Waals surface area contributed by atoms with Gasteiger partial charge in [-0.25, -0.2) is 14.6 Å². The van der Waals surface area contributed by atoms with Crippen molar-refractivity contribution in [1.29, 1.82) is 0 Å². The van der Waals surface area contributed by atoms with Gasteiger partial charge in [0.25, 0.3) is 5.91 Å². The number of carboxylic acid groups (broad SMARTS) is 2. The Balaban J connectivity index is 0.000000301. The summed E-state index contributed by atoms with van der Waals surface area (Å²) in [6, 6.07) is 9.39. The van der Waals surface area contributed by atoms with Crippen LogP contribution in [0.5, 0.6) is 0 Å². The fourth-order valence-corrected chi connectivity index (χ4v) is 2.75. The summed E-state index contributed by atoms with van der Waals surface area (Å²) in [4.78, 5) is 36.4. The van der Waals surface area contributed by atoms with Crippen molar-refractivity contribution in [3.63, 3.8) is 0 Å². The number of aromatic amines is 1. The van der Waals surface area contributed by atoms with Crippen LogP contribution >= 0.6 is 0 Å². The first-order chi connectivity index (χ1) is 17.7. The molecule has 0 radical (unpaired) electrons. The number of fused-ring (bicyclic) bond motifs is 1. The third kappa shape index (κ3) is 9.23. The van der Waals surface area contributed by atoms with E-state index in [0.29, 0.717) is 37.7 Å². The molecule has 1 amide bonds. The van der Waals surface area contributed by atoms with E-state index in [1.165, 1.54) is 0 Å². The highest BCUT2D eigenvalue weighted by atomic mass is 19.4. The van der Waals surface area contributed by atoms with Crippen LogP contribution < -0.4 is 5.32 Å². The third-order valence-electron chi connectivity index (χ3n) is 4.50. The van der Waals surface area contributed by atoms with Crippen LogP contribution in [0.15, 0.2) is 42.7 Å². The zero-order valence-electron chi connectivity index (χ0n) is 19.0. The van der Waals surface area contributed by atoms with Crippen molar-refractivity contribution in [2.45, 2.75) is 12.4 Å². The number of benzene rings is 1. The van der Waals surface area contributed by atoms with E-state index < -0.39 is 24.3 Å². The van der Waals surface area contributed by atoms with Crippen molar-refractivity contribution in [2.75, 3.05) is 31.6 Å². The Kier molecular flexibility index (Phi) is 9.97. The summed E-state index contributed by atoms with van der Waals surface area (Å²) in [5.74, 6) is -4.87. The third-order valence-corrected chi connectivity index (χ3v) is 4.50. The van der Waals surface area contributed by atoms with Crippen molar-refractivity contribution >= 4 is 40.3 Å². The molecule has 4 rings (SSSR count). The van der Waals surface area contributed by atoms with Crippen molar-refractivity contribution in [2.24, 2.45) is 0 Å². The van der Waals surface area contributed by atoms with Gasteiger partial charge in [0.1, 0.15) is 5.82 Å². The average Bonchev–Trinajstić information content (AvgIpc) is 3.32. The molecular weight excluding hydrogens is 532 g/mol. The second kappa shape index (κ2) is 12.7. The Morgan fingerprint density at radius 1 is 0.947 bits per heavy atom. The van der Waals surface area contributed by atoms with Gasteiger partial charge in [0.15, 0.2) is 0 Å². The van der Waals surface area contributed by atoms with Gasteiger partial charge in [0.2, 0.25) is 0 Å². The molecule has 0 atom stereocenters. The summed E-state index contributed by atoms with van der Waals surface area (Å²) in [5.41, 5.74) is 2.50. The molecule has 3 aromatic rings. The number of aliphatic carboxylic acids is 2. The first kappa shape index (κ1) is 29.8. The fourth-order valence-electron chi connectivity index (χ4n) is 2.75. The zero-order valence-corrected chi connectivity index (χ0v) is 19.0.